The first-order valence-electron chi connectivity index (χ1n) is 10.8. The smallest absolute Gasteiger partial charge is 0.408 e. The van der Waals surface area contributed by atoms with Crippen molar-refractivity contribution in [3.8, 4) is 6.07 Å². The summed E-state index contributed by atoms with van der Waals surface area (Å²) < 4.78 is 11.3. The molecule has 0 aliphatic heterocycles. The van der Waals surface area contributed by atoms with Crippen LogP contribution < -0.4 is 5.32 Å². The van der Waals surface area contributed by atoms with E-state index in [1.807, 2.05) is 60.7 Å². The lowest BCUT2D eigenvalue weighted by Crippen LogP contribution is -2.53. The third-order valence-electron chi connectivity index (χ3n) is 5.59. The molecule has 1 fully saturated rings. The van der Waals surface area contributed by atoms with Gasteiger partial charge in [-0.2, -0.15) is 5.26 Å². The summed E-state index contributed by atoms with van der Waals surface area (Å²) in [5.41, 5.74) is 0.317. The fourth-order valence-electron chi connectivity index (χ4n) is 3.23. The zero-order valence-electron chi connectivity index (χ0n) is 18.5. The predicted octanol–water partition coefficient (Wildman–Crippen LogP) is 4.00. The van der Waals surface area contributed by atoms with E-state index in [4.69, 9.17) is 9.47 Å². The molecule has 0 aromatic heterocycles. The van der Waals surface area contributed by atoms with Crippen LogP contribution >= 0.6 is 0 Å². The maximum atomic E-state index is 13.2. The van der Waals surface area contributed by atoms with Crippen LogP contribution in [-0.2, 0) is 27.4 Å². The van der Waals surface area contributed by atoms with E-state index in [0.29, 0.717) is 18.9 Å². The van der Waals surface area contributed by atoms with Gasteiger partial charge in [0.25, 0.3) is 5.91 Å². The largest absolute Gasteiger partial charge is 0.436 e. The van der Waals surface area contributed by atoms with Crippen molar-refractivity contribution >= 4 is 12.0 Å². The Bertz CT molecular complexity index is 941. The average molecular weight is 436 g/mol. The maximum absolute atomic E-state index is 13.2. The molecule has 1 aliphatic rings. The van der Waals surface area contributed by atoms with Gasteiger partial charge in [-0.1, -0.05) is 73.5 Å². The summed E-state index contributed by atoms with van der Waals surface area (Å²) >= 11 is 0. The zero-order chi connectivity index (χ0) is 23.0. The molecule has 2 atom stereocenters. The quantitative estimate of drug-likeness (QED) is 0.570. The topological polar surface area (TPSA) is 91.7 Å². The van der Waals surface area contributed by atoms with Crippen LogP contribution in [0.15, 0.2) is 60.7 Å². The van der Waals surface area contributed by atoms with E-state index in [0.717, 1.165) is 24.0 Å². The lowest BCUT2D eigenvalue weighted by molar-refractivity contribution is -0.163. The number of likely N-dealkylation sites (N-methyl/N-ethyl adjacent to an activating group) is 1. The summed E-state index contributed by atoms with van der Waals surface area (Å²) in [5, 5.41) is 12.4. The summed E-state index contributed by atoms with van der Waals surface area (Å²) in [6.45, 7) is 2.02. The Balaban J connectivity index is 1.62. The zero-order valence-corrected chi connectivity index (χ0v) is 18.5. The molecule has 1 saturated carbocycles. The molecule has 2 aromatic rings. The van der Waals surface area contributed by atoms with E-state index in [9.17, 15) is 14.9 Å². The monoisotopic (exact) mass is 435 g/mol. The van der Waals surface area contributed by atoms with Crippen molar-refractivity contribution in [3.05, 3.63) is 71.8 Å². The molecule has 2 unspecified atom stereocenters. The highest BCUT2D eigenvalue weighted by atomic mass is 16.6. The van der Waals surface area contributed by atoms with Gasteiger partial charge in [0.15, 0.2) is 6.10 Å². The fourth-order valence-corrected chi connectivity index (χ4v) is 3.23. The lowest BCUT2D eigenvalue weighted by atomic mass is 10.1. The van der Waals surface area contributed by atoms with E-state index >= 15 is 0 Å². The Morgan fingerprint density at radius 1 is 1.12 bits per heavy atom. The number of carbonyl (C=O) groups is 2. The first kappa shape index (κ1) is 23.3. The van der Waals surface area contributed by atoms with Crippen molar-refractivity contribution in [1.29, 1.82) is 5.26 Å². The Morgan fingerprint density at radius 2 is 1.72 bits per heavy atom. The number of nitrogens with zero attached hydrogens (tertiary/aromatic N) is 2. The van der Waals surface area contributed by atoms with Gasteiger partial charge in [0.2, 0.25) is 5.72 Å². The van der Waals surface area contributed by atoms with Crippen molar-refractivity contribution in [1.82, 2.24) is 10.2 Å². The summed E-state index contributed by atoms with van der Waals surface area (Å²) in [7, 11) is 1.50. The Labute approximate surface area is 188 Å². The van der Waals surface area contributed by atoms with E-state index in [2.05, 4.69) is 11.4 Å². The van der Waals surface area contributed by atoms with Crippen molar-refractivity contribution in [2.75, 3.05) is 7.05 Å². The molecule has 0 radical (unpaired) electrons. The highest BCUT2D eigenvalue weighted by Gasteiger charge is 2.40. The lowest BCUT2D eigenvalue weighted by Gasteiger charge is -2.34. The average Bonchev–Trinajstić information content (AvgIpc) is 3.65. The van der Waals surface area contributed by atoms with Gasteiger partial charge in [0.1, 0.15) is 6.07 Å². The van der Waals surface area contributed by atoms with E-state index in [1.165, 1.54) is 18.9 Å². The van der Waals surface area contributed by atoms with E-state index in [-0.39, 0.29) is 6.61 Å². The van der Waals surface area contributed by atoms with Crippen LogP contribution in [0.5, 0.6) is 0 Å². The fraction of sp³-hybridized carbons (Fsp3) is 0.400. The van der Waals surface area contributed by atoms with Gasteiger partial charge in [-0.05, 0) is 30.4 Å². The van der Waals surface area contributed by atoms with Crippen molar-refractivity contribution in [2.45, 2.75) is 51.2 Å². The number of benzene rings is 2. The standard InChI is InChI=1S/C25H29N3O4/c1-25(18-26,31-17-21-11-7-4-8-12-21)28(2)23(29)22(15-19-13-14-19)32-24(30)27-16-20-9-5-3-6-10-20/h3-12,19,22H,13-17H2,1-2H3,(H,27,30). The summed E-state index contributed by atoms with van der Waals surface area (Å²) in [4.78, 5) is 26.8. The normalized spacial score (nSPS) is 15.7. The molecule has 0 saturated heterocycles. The second-order valence-electron chi connectivity index (χ2n) is 8.18. The highest BCUT2D eigenvalue weighted by molar-refractivity contribution is 5.84. The maximum Gasteiger partial charge on any atom is 0.408 e. The minimum absolute atomic E-state index is 0.175. The van der Waals surface area contributed by atoms with E-state index < -0.39 is 23.8 Å². The number of nitrogens with one attached hydrogen (secondary N) is 1. The Kier molecular flexibility index (Phi) is 7.85. The van der Waals surface area contributed by atoms with Crippen LogP contribution in [0.25, 0.3) is 0 Å². The summed E-state index contributed by atoms with van der Waals surface area (Å²) in [5.74, 6) is -0.110. The second kappa shape index (κ2) is 10.8. The Hall–Kier alpha value is -3.37. The number of ether oxygens (including phenoxy) is 2. The van der Waals surface area contributed by atoms with Gasteiger partial charge >= 0.3 is 6.09 Å². The van der Waals surface area contributed by atoms with Gasteiger partial charge in [-0.3, -0.25) is 4.79 Å². The van der Waals surface area contributed by atoms with Crippen LogP contribution in [0.4, 0.5) is 4.79 Å². The number of hydrogen-bond donors (Lipinski definition) is 1. The first-order chi connectivity index (χ1) is 15.4. The third-order valence-corrected chi connectivity index (χ3v) is 5.59. The minimum Gasteiger partial charge on any atom is -0.436 e. The third kappa shape index (κ3) is 6.56. The molecular weight excluding hydrogens is 406 g/mol. The highest BCUT2D eigenvalue weighted by Crippen LogP contribution is 2.35. The van der Waals surface area contributed by atoms with Crippen LogP contribution in [0, 0.1) is 17.2 Å². The predicted molar refractivity (Wildman–Crippen MR) is 119 cm³/mol. The molecular formula is C25H29N3O4. The number of alkyl carbamates (subject to hydrolysis) is 1. The SMILES string of the molecule is CN(C(=O)C(CC1CC1)OC(=O)NCc1ccccc1)C(C)(C#N)OCc1ccccc1. The molecule has 7 nitrogen and oxygen atoms in total. The van der Waals surface area contributed by atoms with Crippen molar-refractivity contribution < 1.29 is 19.1 Å². The molecule has 1 N–H and O–H groups in total. The number of carbonyl (C=O) groups excluding carboxylic acids is 2. The van der Waals surface area contributed by atoms with Crippen LogP contribution in [0.3, 0.4) is 0 Å². The Morgan fingerprint density at radius 3 is 2.28 bits per heavy atom. The number of hydrogen-bond acceptors (Lipinski definition) is 5. The molecule has 2 amide bonds. The molecule has 0 bridgehead atoms. The molecule has 168 valence electrons. The number of amides is 2. The van der Waals surface area contributed by atoms with E-state index in [1.54, 1.807) is 0 Å². The van der Waals surface area contributed by atoms with Gasteiger partial charge < -0.3 is 19.7 Å². The molecule has 0 spiro atoms. The first-order valence-corrected chi connectivity index (χ1v) is 10.8. The second-order valence-corrected chi connectivity index (χ2v) is 8.18. The number of rotatable bonds is 10. The minimum atomic E-state index is -1.50. The van der Waals surface area contributed by atoms with Crippen molar-refractivity contribution in [3.63, 3.8) is 0 Å². The summed E-state index contributed by atoms with van der Waals surface area (Å²) in [6, 6.07) is 21.0. The molecule has 0 heterocycles. The van der Waals surface area contributed by atoms with Gasteiger partial charge in [-0.25, -0.2) is 4.79 Å². The van der Waals surface area contributed by atoms with Gasteiger partial charge in [0, 0.05) is 13.6 Å². The number of nitriles is 1. The van der Waals surface area contributed by atoms with Gasteiger partial charge in [0.05, 0.1) is 6.61 Å². The molecule has 1 aliphatic carbocycles. The van der Waals surface area contributed by atoms with Crippen molar-refractivity contribution in [2.24, 2.45) is 5.92 Å². The molecule has 32 heavy (non-hydrogen) atoms. The van der Waals surface area contributed by atoms with Crippen LogP contribution in [0.2, 0.25) is 0 Å². The molecule has 3 rings (SSSR count). The summed E-state index contributed by atoms with van der Waals surface area (Å²) in [6.07, 6.45) is 0.800. The van der Waals surface area contributed by atoms with Crippen LogP contribution in [0.1, 0.15) is 37.3 Å². The van der Waals surface area contributed by atoms with Gasteiger partial charge in [-0.15, -0.1) is 0 Å². The van der Waals surface area contributed by atoms with Crippen LogP contribution in [-0.4, -0.2) is 35.8 Å². The molecule has 7 heteroatoms. The molecule has 2 aromatic carbocycles.